The van der Waals surface area contributed by atoms with Crippen molar-refractivity contribution in [3.05, 3.63) is 68.7 Å². The van der Waals surface area contributed by atoms with Gasteiger partial charge in [-0.1, -0.05) is 30.1 Å². The SMILES string of the molecule is CCCN(Cc1nc2cc(Cl)ccc2c(=O)[nH]1)C(=O)C(C)Sc1ccc(Cl)cc1. The van der Waals surface area contributed by atoms with Crippen LogP contribution in [0.5, 0.6) is 0 Å². The Hall–Kier alpha value is -2.02. The van der Waals surface area contributed by atoms with Gasteiger partial charge in [0.1, 0.15) is 5.82 Å². The van der Waals surface area contributed by atoms with Crippen molar-refractivity contribution in [1.29, 1.82) is 0 Å². The molecule has 1 amide bonds. The van der Waals surface area contributed by atoms with Crippen LogP contribution in [-0.2, 0) is 11.3 Å². The van der Waals surface area contributed by atoms with Gasteiger partial charge in [-0.25, -0.2) is 4.98 Å². The molecule has 0 aliphatic rings. The van der Waals surface area contributed by atoms with Gasteiger partial charge in [-0.2, -0.15) is 0 Å². The maximum absolute atomic E-state index is 13.0. The lowest BCUT2D eigenvalue weighted by Crippen LogP contribution is -2.37. The fraction of sp³-hybridized carbons (Fsp3) is 0.286. The number of halogens is 2. The average Bonchev–Trinajstić information content (AvgIpc) is 2.68. The van der Waals surface area contributed by atoms with Crippen molar-refractivity contribution >= 4 is 51.8 Å². The highest BCUT2D eigenvalue weighted by Gasteiger charge is 2.22. The van der Waals surface area contributed by atoms with E-state index in [0.29, 0.717) is 33.3 Å². The molecule has 29 heavy (non-hydrogen) atoms. The first-order chi connectivity index (χ1) is 13.9. The number of rotatable bonds is 7. The van der Waals surface area contributed by atoms with Crippen LogP contribution in [-0.4, -0.2) is 32.6 Å². The summed E-state index contributed by atoms with van der Waals surface area (Å²) >= 11 is 13.4. The molecule has 0 fully saturated rings. The lowest BCUT2D eigenvalue weighted by Gasteiger charge is -2.25. The fourth-order valence-electron chi connectivity index (χ4n) is 2.98. The zero-order valence-corrected chi connectivity index (χ0v) is 18.4. The van der Waals surface area contributed by atoms with Gasteiger partial charge in [-0.3, -0.25) is 9.59 Å². The maximum Gasteiger partial charge on any atom is 0.258 e. The molecule has 8 heteroatoms. The standard InChI is InChI=1S/C21H21Cl2N3O2S/c1-3-10-26(21(28)13(2)29-16-7-4-14(22)5-8-16)12-19-24-18-11-15(23)6-9-17(18)20(27)25-19/h4-9,11,13H,3,10,12H2,1-2H3,(H,24,25,27). The second kappa shape index (κ2) is 9.65. The van der Waals surface area contributed by atoms with Gasteiger partial charge >= 0.3 is 0 Å². The van der Waals surface area contributed by atoms with Crippen LogP contribution in [0.1, 0.15) is 26.1 Å². The van der Waals surface area contributed by atoms with E-state index in [9.17, 15) is 9.59 Å². The summed E-state index contributed by atoms with van der Waals surface area (Å²) in [5.74, 6) is 0.427. The second-order valence-corrected chi connectivity index (χ2v) is 8.93. The lowest BCUT2D eigenvalue weighted by atomic mass is 10.2. The molecule has 1 heterocycles. The van der Waals surface area contributed by atoms with Crippen LogP contribution in [0.25, 0.3) is 10.9 Å². The third-order valence-corrected chi connectivity index (χ3v) is 5.92. The zero-order valence-electron chi connectivity index (χ0n) is 16.1. The Morgan fingerprint density at radius 1 is 1.17 bits per heavy atom. The second-order valence-electron chi connectivity index (χ2n) is 6.65. The topological polar surface area (TPSA) is 66.1 Å². The Balaban J connectivity index is 1.80. The first-order valence-electron chi connectivity index (χ1n) is 9.27. The molecule has 0 aliphatic carbocycles. The third-order valence-electron chi connectivity index (χ3n) is 4.34. The minimum atomic E-state index is -0.288. The van der Waals surface area contributed by atoms with Crippen molar-refractivity contribution in [2.75, 3.05) is 6.54 Å². The Morgan fingerprint density at radius 3 is 2.55 bits per heavy atom. The molecule has 1 unspecified atom stereocenters. The minimum Gasteiger partial charge on any atom is -0.334 e. The molecule has 0 spiro atoms. The number of hydrogen-bond acceptors (Lipinski definition) is 4. The summed E-state index contributed by atoms with van der Waals surface area (Å²) in [7, 11) is 0. The van der Waals surface area contributed by atoms with Crippen LogP contribution in [0.2, 0.25) is 10.0 Å². The Bertz CT molecular complexity index is 1070. The molecular formula is C21H21Cl2N3O2S. The number of aromatic nitrogens is 2. The summed E-state index contributed by atoms with van der Waals surface area (Å²) in [6.45, 7) is 4.69. The van der Waals surface area contributed by atoms with Crippen molar-refractivity contribution < 1.29 is 4.79 Å². The molecule has 1 N–H and O–H groups in total. The van der Waals surface area contributed by atoms with Crippen molar-refractivity contribution in [2.24, 2.45) is 0 Å². The van der Waals surface area contributed by atoms with Gasteiger partial charge in [0.05, 0.1) is 22.7 Å². The normalized spacial score (nSPS) is 12.1. The predicted octanol–water partition coefficient (Wildman–Crippen LogP) is 5.15. The van der Waals surface area contributed by atoms with E-state index in [1.54, 1.807) is 35.2 Å². The van der Waals surface area contributed by atoms with Gasteiger partial charge in [0.15, 0.2) is 0 Å². The molecule has 3 aromatic rings. The van der Waals surface area contributed by atoms with Gasteiger partial charge in [-0.05, 0) is 55.8 Å². The van der Waals surface area contributed by atoms with Crippen molar-refractivity contribution in [1.82, 2.24) is 14.9 Å². The highest BCUT2D eigenvalue weighted by molar-refractivity contribution is 8.00. The van der Waals surface area contributed by atoms with Crippen molar-refractivity contribution in [3.63, 3.8) is 0 Å². The molecule has 1 aromatic heterocycles. The summed E-state index contributed by atoms with van der Waals surface area (Å²) in [6.07, 6.45) is 0.799. The van der Waals surface area contributed by atoms with E-state index in [1.807, 2.05) is 26.0 Å². The summed E-state index contributed by atoms with van der Waals surface area (Å²) < 4.78 is 0. The number of hydrogen-bond donors (Lipinski definition) is 1. The van der Waals surface area contributed by atoms with Crippen LogP contribution in [0.3, 0.4) is 0 Å². The first-order valence-corrected chi connectivity index (χ1v) is 10.9. The molecule has 1 atom stereocenters. The van der Waals surface area contributed by atoms with Crippen LogP contribution in [0.4, 0.5) is 0 Å². The number of fused-ring (bicyclic) bond motifs is 1. The number of carbonyl (C=O) groups is 1. The molecule has 2 aromatic carbocycles. The Morgan fingerprint density at radius 2 is 1.86 bits per heavy atom. The minimum absolute atomic E-state index is 0.0133. The van der Waals surface area contributed by atoms with Gasteiger partial charge < -0.3 is 9.88 Å². The van der Waals surface area contributed by atoms with E-state index in [2.05, 4.69) is 9.97 Å². The molecule has 0 aliphatic heterocycles. The Kier molecular flexibility index (Phi) is 7.22. The number of thioether (sulfide) groups is 1. The fourth-order valence-corrected chi connectivity index (χ4v) is 4.22. The van der Waals surface area contributed by atoms with Crippen molar-refractivity contribution in [2.45, 2.75) is 37.0 Å². The molecule has 0 radical (unpaired) electrons. The third kappa shape index (κ3) is 5.53. The predicted molar refractivity (Wildman–Crippen MR) is 120 cm³/mol. The van der Waals surface area contributed by atoms with Crippen LogP contribution < -0.4 is 5.56 Å². The van der Waals surface area contributed by atoms with Gasteiger partial charge in [0.25, 0.3) is 5.56 Å². The van der Waals surface area contributed by atoms with Crippen LogP contribution in [0.15, 0.2) is 52.2 Å². The Labute approximate surface area is 183 Å². The summed E-state index contributed by atoms with van der Waals surface area (Å²) in [4.78, 5) is 35.4. The molecule has 152 valence electrons. The molecule has 0 saturated heterocycles. The molecule has 0 bridgehead atoms. The smallest absolute Gasteiger partial charge is 0.258 e. The van der Waals surface area contributed by atoms with Gasteiger partial charge in [-0.15, -0.1) is 11.8 Å². The van der Waals surface area contributed by atoms with Gasteiger partial charge in [0.2, 0.25) is 5.91 Å². The largest absolute Gasteiger partial charge is 0.334 e. The number of aromatic amines is 1. The van der Waals surface area contributed by atoms with E-state index in [1.165, 1.54) is 11.8 Å². The van der Waals surface area contributed by atoms with E-state index < -0.39 is 0 Å². The highest BCUT2D eigenvalue weighted by Crippen LogP contribution is 2.26. The van der Waals surface area contributed by atoms with Crippen LogP contribution >= 0.6 is 35.0 Å². The number of carbonyl (C=O) groups excluding carboxylic acids is 1. The average molecular weight is 450 g/mol. The maximum atomic E-state index is 13.0. The summed E-state index contributed by atoms with van der Waals surface area (Å²) in [6, 6.07) is 12.4. The van der Waals surface area contributed by atoms with Gasteiger partial charge in [0, 0.05) is 21.5 Å². The highest BCUT2D eigenvalue weighted by atomic mass is 35.5. The molecular weight excluding hydrogens is 429 g/mol. The monoisotopic (exact) mass is 449 g/mol. The summed E-state index contributed by atoms with van der Waals surface area (Å²) in [5, 5.41) is 1.35. The number of amides is 1. The van der Waals surface area contributed by atoms with E-state index in [-0.39, 0.29) is 23.3 Å². The zero-order chi connectivity index (χ0) is 21.0. The van der Waals surface area contributed by atoms with Crippen LogP contribution in [0, 0.1) is 0 Å². The summed E-state index contributed by atoms with van der Waals surface area (Å²) in [5.41, 5.74) is 0.276. The van der Waals surface area contributed by atoms with E-state index in [4.69, 9.17) is 23.2 Å². The number of H-pyrrole nitrogens is 1. The number of benzene rings is 2. The number of nitrogens with zero attached hydrogens (tertiary/aromatic N) is 2. The van der Waals surface area contributed by atoms with E-state index >= 15 is 0 Å². The van der Waals surface area contributed by atoms with E-state index in [0.717, 1.165) is 11.3 Å². The lowest BCUT2D eigenvalue weighted by molar-refractivity contribution is -0.131. The molecule has 5 nitrogen and oxygen atoms in total. The van der Waals surface area contributed by atoms with Crippen molar-refractivity contribution in [3.8, 4) is 0 Å². The molecule has 3 rings (SSSR count). The number of nitrogens with one attached hydrogen (secondary N) is 1. The quantitative estimate of drug-likeness (QED) is 0.506. The molecule has 0 saturated carbocycles. The first kappa shape index (κ1) is 21.7.